The fraction of sp³-hybridized carbons (Fsp3) is 0.312. The fourth-order valence-electron chi connectivity index (χ4n) is 1.98. The average Bonchev–Trinajstić information content (AvgIpc) is 2.89. The average molecular weight is 316 g/mol. The van der Waals surface area contributed by atoms with E-state index in [-0.39, 0.29) is 11.9 Å². The van der Waals surface area contributed by atoms with Gasteiger partial charge in [-0.15, -0.1) is 16.8 Å². The number of aromatic nitrogens is 3. The molecule has 116 valence electrons. The first-order valence-corrected chi connectivity index (χ1v) is 8.12. The van der Waals surface area contributed by atoms with Gasteiger partial charge < -0.3 is 5.32 Å². The largest absolute Gasteiger partial charge is 0.353 e. The van der Waals surface area contributed by atoms with E-state index in [1.807, 2.05) is 48.7 Å². The zero-order chi connectivity index (χ0) is 15.9. The number of nitrogens with one attached hydrogen (secondary N) is 1. The molecule has 1 aromatic heterocycles. The molecule has 0 fully saturated rings. The Labute approximate surface area is 134 Å². The van der Waals surface area contributed by atoms with Gasteiger partial charge in [-0.25, -0.2) is 0 Å². The second-order valence-electron chi connectivity index (χ2n) is 5.08. The summed E-state index contributed by atoms with van der Waals surface area (Å²) in [5.74, 6) is 1.10. The number of carbonyl (C=O) groups is 1. The third kappa shape index (κ3) is 4.21. The molecule has 1 heterocycles. The van der Waals surface area contributed by atoms with E-state index >= 15 is 0 Å². The van der Waals surface area contributed by atoms with Crippen LogP contribution in [0.15, 0.2) is 48.1 Å². The van der Waals surface area contributed by atoms with Gasteiger partial charge in [0.25, 0.3) is 0 Å². The van der Waals surface area contributed by atoms with Crippen LogP contribution in [-0.2, 0) is 11.3 Å². The summed E-state index contributed by atoms with van der Waals surface area (Å²) < 4.78 is 1.97. The molecule has 6 heteroatoms. The number of amides is 1. The molecule has 1 N–H and O–H groups in total. The van der Waals surface area contributed by atoms with Crippen LogP contribution in [0.3, 0.4) is 0 Å². The van der Waals surface area contributed by atoms with Gasteiger partial charge in [0.15, 0.2) is 11.0 Å². The van der Waals surface area contributed by atoms with Crippen LogP contribution in [0.1, 0.15) is 13.8 Å². The number of thioether (sulfide) groups is 1. The first-order valence-electron chi connectivity index (χ1n) is 7.13. The number of allylic oxidation sites excluding steroid dienone is 1. The third-order valence-electron chi connectivity index (χ3n) is 2.84. The maximum atomic E-state index is 11.8. The molecular formula is C16H20N4OS. The van der Waals surface area contributed by atoms with Crippen molar-refractivity contribution < 1.29 is 4.79 Å². The molecule has 0 radical (unpaired) electrons. The van der Waals surface area contributed by atoms with E-state index in [4.69, 9.17) is 0 Å². The maximum absolute atomic E-state index is 11.8. The summed E-state index contributed by atoms with van der Waals surface area (Å²) >= 11 is 1.38. The van der Waals surface area contributed by atoms with Crippen LogP contribution in [0, 0.1) is 0 Å². The summed E-state index contributed by atoms with van der Waals surface area (Å²) in [6.07, 6.45) is 1.80. The van der Waals surface area contributed by atoms with E-state index in [0.29, 0.717) is 12.3 Å². The van der Waals surface area contributed by atoms with E-state index in [1.165, 1.54) is 11.8 Å². The molecule has 0 saturated heterocycles. The monoisotopic (exact) mass is 316 g/mol. The lowest BCUT2D eigenvalue weighted by Gasteiger charge is -2.09. The lowest BCUT2D eigenvalue weighted by molar-refractivity contribution is -0.119. The van der Waals surface area contributed by atoms with Gasteiger partial charge in [-0.2, -0.15) is 0 Å². The minimum absolute atomic E-state index is 0.00517. The molecule has 22 heavy (non-hydrogen) atoms. The predicted octanol–water partition coefficient (Wildman–Crippen LogP) is 2.75. The van der Waals surface area contributed by atoms with Crippen LogP contribution in [0.4, 0.5) is 0 Å². The van der Waals surface area contributed by atoms with Crippen molar-refractivity contribution in [2.24, 2.45) is 0 Å². The zero-order valence-corrected chi connectivity index (χ0v) is 13.6. The van der Waals surface area contributed by atoms with E-state index in [1.54, 1.807) is 6.08 Å². The van der Waals surface area contributed by atoms with Crippen molar-refractivity contribution in [3.63, 3.8) is 0 Å². The number of hydrogen-bond acceptors (Lipinski definition) is 4. The second-order valence-corrected chi connectivity index (χ2v) is 6.02. The standard InChI is InChI=1S/C16H20N4OS/c1-4-10-20-15(13-8-6-5-7-9-13)18-19-16(20)22-11-14(21)17-12(2)3/h4-9,12H,1,10-11H2,2-3H3,(H,17,21). The Bertz CT molecular complexity index is 637. The van der Waals surface area contributed by atoms with Crippen LogP contribution in [-0.4, -0.2) is 32.5 Å². The predicted molar refractivity (Wildman–Crippen MR) is 89.7 cm³/mol. The summed E-state index contributed by atoms with van der Waals surface area (Å²) in [5, 5.41) is 12.1. The smallest absolute Gasteiger partial charge is 0.230 e. The highest BCUT2D eigenvalue weighted by Crippen LogP contribution is 2.23. The third-order valence-corrected chi connectivity index (χ3v) is 3.81. The van der Waals surface area contributed by atoms with Gasteiger partial charge in [-0.05, 0) is 13.8 Å². The number of benzene rings is 1. The molecule has 0 saturated carbocycles. The Kier molecular flexibility index (Phi) is 5.77. The molecular weight excluding hydrogens is 296 g/mol. The highest BCUT2D eigenvalue weighted by Gasteiger charge is 2.14. The van der Waals surface area contributed by atoms with E-state index in [2.05, 4.69) is 22.1 Å². The normalized spacial score (nSPS) is 10.7. The number of nitrogens with zero attached hydrogens (tertiary/aromatic N) is 3. The van der Waals surface area contributed by atoms with Crippen molar-refractivity contribution in [3.8, 4) is 11.4 Å². The molecule has 1 amide bonds. The van der Waals surface area contributed by atoms with Crippen molar-refractivity contribution >= 4 is 17.7 Å². The van der Waals surface area contributed by atoms with Crippen molar-refractivity contribution in [1.29, 1.82) is 0 Å². The number of carbonyl (C=O) groups excluding carboxylic acids is 1. The number of hydrogen-bond donors (Lipinski definition) is 1. The van der Waals surface area contributed by atoms with Crippen LogP contribution in [0.2, 0.25) is 0 Å². The Morgan fingerprint density at radius 1 is 1.36 bits per heavy atom. The van der Waals surface area contributed by atoms with Gasteiger partial charge in [0.2, 0.25) is 5.91 Å². The minimum atomic E-state index is -0.00517. The van der Waals surface area contributed by atoms with E-state index in [0.717, 1.165) is 16.5 Å². The lowest BCUT2D eigenvalue weighted by Crippen LogP contribution is -2.31. The number of rotatable bonds is 7. The van der Waals surface area contributed by atoms with Gasteiger partial charge in [-0.1, -0.05) is 48.2 Å². The van der Waals surface area contributed by atoms with Crippen molar-refractivity contribution in [2.45, 2.75) is 31.6 Å². The SMILES string of the molecule is C=CCn1c(SCC(=O)NC(C)C)nnc1-c1ccccc1. The topological polar surface area (TPSA) is 59.8 Å². The molecule has 1 aromatic carbocycles. The molecule has 0 bridgehead atoms. The Hall–Kier alpha value is -2.08. The quantitative estimate of drug-likeness (QED) is 0.630. The maximum Gasteiger partial charge on any atom is 0.230 e. The van der Waals surface area contributed by atoms with Crippen molar-refractivity contribution in [2.75, 3.05) is 5.75 Å². The fourth-order valence-corrected chi connectivity index (χ4v) is 2.74. The van der Waals surface area contributed by atoms with Crippen LogP contribution in [0.5, 0.6) is 0 Å². The molecule has 2 rings (SSSR count). The Morgan fingerprint density at radius 2 is 2.09 bits per heavy atom. The lowest BCUT2D eigenvalue weighted by atomic mass is 10.2. The first-order chi connectivity index (χ1) is 10.6. The molecule has 0 aliphatic rings. The molecule has 0 aliphatic carbocycles. The van der Waals surface area contributed by atoms with E-state index in [9.17, 15) is 4.79 Å². The van der Waals surface area contributed by atoms with Crippen molar-refractivity contribution in [1.82, 2.24) is 20.1 Å². The zero-order valence-electron chi connectivity index (χ0n) is 12.8. The van der Waals surface area contributed by atoms with Gasteiger partial charge in [-0.3, -0.25) is 9.36 Å². The first kappa shape index (κ1) is 16.3. The highest BCUT2D eigenvalue weighted by molar-refractivity contribution is 7.99. The molecule has 5 nitrogen and oxygen atoms in total. The van der Waals surface area contributed by atoms with E-state index < -0.39 is 0 Å². The second kappa shape index (κ2) is 7.79. The van der Waals surface area contributed by atoms with Gasteiger partial charge >= 0.3 is 0 Å². The van der Waals surface area contributed by atoms with Crippen LogP contribution >= 0.6 is 11.8 Å². The van der Waals surface area contributed by atoms with Gasteiger partial charge in [0.05, 0.1) is 5.75 Å². The summed E-state index contributed by atoms with van der Waals surface area (Å²) in [6.45, 7) is 8.27. The van der Waals surface area contributed by atoms with Gasteiger partial charge in [0.1, 0.15) is 0 Å². The van der Waals surface area contributed by atoms with Crippen LogP contribution in [0.25, 0.3) is 11.4 Å². The molecule has 2 aromatic rings. The molecule has 0 unspecified atom stereocenters. The molecule has 0 atom stereocenters. The van der Waals surface area contributed by atoms with Crippen molar-refractivity contribution in [3.05, 3.63) is 43.0 Å². The molecule has 0 aliphatic heterocycles. The Balaban J connectivity index is 2.17. The summed E-state index contributed by atoms with van der Waals surface area (Å²) in [5.41, 5.74) is 0.996. The Morgan fingerprint density at radius 3 is 2.73 bits per heavy atom. The highest BCUT2D eigenvalue weighted by atomic mass is 32.2. The molecule has 0 spiro atoms. The summed E-state index contributed by atoms with van der Waals surface area (Å²) in [7, 11) is 0. The summed E-state index contributed by atoms with van der Waals surface area (Å²) in [6, 6.07) is 10.0. The minimum Gasteiger partial charge on any atom is -0.353 e. The van der Waals surface area contributed by atoms with Gasteiger partial charge in [0, 0.05) is 18.2 Å². The van der Waals surface area contributed by atoms with Crippen LogP contribution < -0.4 is 5.32 Å². The summed E-state index contributed by atoms with van der Waals surface area (Å²) in [4.78, 5) is 11.8.